The molecule has 48 heavy (non-hydrogen) atoms. The maximum absolute atomic E-state index is 14.9. The lowest BCUT2D eigenvalue weighted by Crippen LogP contribution is -2.54. The quantitative estimate of drug-likeness (QED) is 0.373. The average Bonchev–Trinajstić information content (AvgIpc) is 3.05. The van der Waals surface area contributed by atoms with Crippen molar-refractivity contribution in [1.82, 2.24) is 24.8 Å². The van der Waals surface area contributed by atoms with E-state index in [2.05, 4.69) is 38.2 Å². The molecule has 2 N–H and O–H groups in total. The Balaban J connectivity index is 1.20. The second-order valence-electron chi connectivity index (χ2n) is 13.0. The van der Waals surface area contributed by atoms with Crippen LogP contribution < -0.4 is 15.0 Å². The van der Waals surface area contributed by atoms with Crippen LogP contribution in [0.4, 0.5) is 26.5 Å². The summed E-state index contributed by atoms with van der Waals surface area (Å²) in [6.45, 7) is 10.9. The van der Waals surface area contributed by atoms with Gasteiger partial charge in [-0.05, 0) is 77.1 Å². The van der Waals surface area contributed by atoms with Crippen LogP contribution in [0.3, 0.4) is 0 Å². The number of hydrogen-bond acceptors (Lipinski definition) is 11. The van der Waals surface area contributed by atoms with E-state index >= 15 is 0 Å². The van der Waals surface area contributed by atoms with Crippen molar-refractivity contribution in [3.8, 4) is 23.2 Å². The molecule has 2 aliphatic rings. The van der Waals surface area contributed by atoms with Crippen LogP contribution in [-0.4, -0.2) is 105 Å². The summed E-state index contributed by atoms with van der Waals surface area (Å²) in [5.41, 5.74) is 1.99. The zero-order valence-electron chi connectivity index (χ0n) is 27.8. The first-order valence-corrected chi connectivity index (χ1v) is 15.9. The SMILES string of the molecule is CC(O)C(=O)N1CC[C@H](Oc2ccc(-c3ncnc(Nc4ccc(N5CCN(C(=O)OC(C)(C)C)CC5C)cc4)n3)cc2C#N)[C@H](F)C1. The molecule has 0 saturated carbocycles. The number of piperidine rings is 1. The lowest BCUT2D eigenvalue weighted by atomic mass is 10.0. The predicted octanol–water partition coefficient (Wildman–Crippen LogP) is 4.30. The Labute approximate surface area is 279 Å². The van der Waals surface area contributed by atoms with Crippen molar-refractivity contribution in [2.45, 2.75) is 71.1 Å². The van der Waals surface area contributed by atoms with Crippen LogP contribution in [0.25, 0.3) is 11.4 Å². The molecule has 2 fully saturated rings. The summed E-state index contributed by atoms with van der Waals surface area (Å²) in [6, 6.07) is 14.9. The number of amides is 2. The Morgan fingerprint density at radius 2 is 1.83 bits per heavy atom. The molecule has 1 aromatic heterocycles. The van der Waals surface area contributed by atoms with E-state index in [1.807, 2.05) is 45.0 Å². The summed E-state index contributed by atoms with van der Waals surface area (Å²) in [7, 11) is 0. The van der Waals surface area contributed by atoms with Crippen molar-refractivity contribution in [1.29, 1.82) is 5.26 Å². The fraction of sp³-hybridized carbons (Fsp3) is 0.471. The molecular weight excluding hydrogens is 619 g/mol. The van der Waals surface area contributed by atoms with Crippen LogP contribution in [-0.2, 0) is 9.53 Å². The van der Waals surface area contributed by atoms with Gasteiger partial charge < -0.3 is 34.6 Å². The normalized spacial score (nSPS) is 20.5. The number of aromatic nitrogens is 3. The lowest BCUT2D eigenvalue weighted by Gasteiger charge is -2.41. The molecule has 2 aromatic carbocycles. The van der Waals surface area contributed by atoms with Gasteiger partial charge in [0, 0.05) is 55.6 Å². The number of rotatable bonds is 7. The van der Waals surface area contributed by atoms with Crippen molar-refractivity contribution in [2.24, 2.45) is 0 Å². The van der Waals surface area contributed by atoms with Crippen molar-refractivity contribution >= 4 is 29.3 Å². The molecule has 13 nitrogen and oxygen atoms in total. The minimum Gasteiger partial charge on any atom is -0.486 e. The van der Waals surface area contributed by atoms with E-state index < -0.39 is 29.9 Å². The summed E-state index contributed by atoms with van der Waals surface area (Å²) >= 11 is 0. The fourth-order valence-electron chi connectivity index (χ4n) is 5.70. The van der Waals surface area contributed by atoms with Gasteiger partial charge in [0.05, 0.1) is 12.1 Å². The second kappa shape index (κ2) is 14.4. The zero-order chi connectivity index (χ0) is 34.6. The molecular formula is C34H41FN8O5. The fourth-order valence-corrected chi connectivity index (χ4v) is 5.70. The number of aliphatic hydroxyl groups excluding tert-OH is 1. The van der Waals surface area contributed by atoms with E-state index in [-0.39, 0.29) is 43.0 Å². The van der Waals surface area contributed by atoms with E-state index in [0.29, 0.717) is 37.0 Å². The molecule has 0 spiro atoms. The summed E-state index contributed by atoms with van der Waals surface area (Å²) < 4.78 is 26.3. The first kappa shape index (κ1) is 34.3. The number of carbonyl (C=O) groups excluding carboxylic acids is 2. The smallest absolute Gasteiger partial charge is 0.410 e. The summed E-state index contributed by atoms with van der Waals surface area (Å²) in [6.07, 6.45) is -2.22. The van der Waals surface area contributed by atoms with Gasteiger partial charge in [-0.1, -0.05) is 0 Å². The topological polar surface area (TPSA) is 157 Å². The molecule has 3 heterocycles. The first-order chi connectivity index (χ1) is 22.8. The van der Waals surface area contributed by atoms with Gasteiger partial charge in [0.1, 0.15) is 36.0 Å². The first-order valence-electron chi connectivity index (χ1n) is 15.9. The third kappa shape index (κ3) is 8.27. The molecule has 2 unspecified atom stereocenters. The van der Waals surface area contributed by atoms with Gasteiger partial charge in [-0.2, -0.15) is 10.2 Å². The predicted molar refractivity (Wildman–Crippen MR) is 177 cm³/mol. The Morgan fingerprint density at radius 3 is 2.48 bits per heavy atom. The van der Waals surface area contributed by atoms with E-state index in [4.69, 9.17) is 9.47 Å². The number of hydrogen-bond donors (Lipinski definition) is 2. The van der Waals surface area contributed by atoms with Gasteiger partial charge in [-0.3, -0.25) is 4.79 Å². The number of benzene rings is 2. The van der Waals surface area contributed by atoms with Crippen LogP contribution in [0.15, 0.2) is 48.8 Å². The minimum atomic E-state index is -1.48. The second-order valence-corrected chi connectivity index (χ2v) is 13.0. The maximum atomic E-state index is 14.9. The van der Waals surface area contributed by atoms with Gasteiger partial charge in [-0.15, -0.1) is 0 Å². The van der Waals surface area contributed by atoms with Crippen molar-refractivity contribution in [3.05, 3.63) is 54.4 Å². The highest BCUT2D eigenvalue weighted by Crippen LogP contribution is 2.29. The third-order valence-corrected chi connectivity index (χ3v) is 8.09. The number of likely N-dealkylation sites (tertiary alicyclic amines) is 1. The highest BCUT2D eigenvalue weighted by Gasteiger charge is 2.35. The number of alkyl halides is 1. The highest BCUT2D eigenvalue weighted by atomic mass is 19.1. The number of anilines is 3. The van der Waals surface area contributed by atoms with Crippen molar-refractivity contribution in [3.63, 3.8) is 0 Å². The molecule has 5 rings (SSSR count). The lowest BCUT2D eigenvalue weighted by molar-refractivity contribution is -0.143. The average molecular weight is 661 g/mol. The van der Waals surface area contributed by atoms with Gasteiger partial charge in [0.25, 0.3) is 5.91 Å². The molecule has 4 atom stereocenters. The van der Waals surface area contributed by atoms with E-state index in [1.165, 1.54) is 18.2 Å². The number of nitrogens with zero attached hydrogens (tertiary/aromatic N) is 7. The van der Waals surface area contributed by atoms with Gasteiger partial charge in [0.15, 0.2) is 12.0 Å². The van der Waals surface area contributed by atoms with Crippen LogP contribution in [0.5, 0.6) is 5.75 Å². The molecule has 0 radical (unpaired) electrons. The van der Waals surface area contributed by atoms with Crippen molar-refractivity contribution < 1.29 is 28.6 Å². The largest absolute Gasteiger partial charge is 0.486 e. The molecule has 0 bridgehead atoms. The molecule has 2 aliphatic heterocycles. The number of nitriles is 1. The molecule has 14 heteroatoms. The van der Waals surface area contributed by atoms with Crippen molar-refractivity contribution in [2.75, 3.05) is 42.9 Å². The van der Waals surface area contributed by atoms with Gasteiger partial charge in [0.2, 0.25) is 5.95 Å². The number of piperazine rings is 1. The third-order valence-electron chi connectivity index (χ3n) is 8.09. The minimum absolute atomic E-state index is 0.101. The number of ether oxygens (including phenoxy) is 2. The van der Waals surface area contributed by atoms with Gasteiger partial charge >= 0.3 is 6.09 Å². The summed E-state index contributed by atoms with van der Waals surface area (Å²) in [5.74, 6) is 0.335. The molecule has 3 aromatic rings. The standard InChI is InChI=1S/C34H41FN8O5/c1-21-18-42(33(46)48-34(3,4)5)14-15-43(21)26-9-7-25(8-10-26)39-32-38-20-37-30(40-32)23-6-11-28(24(16-23)17-36)47-29-12-13-41(19-27(29)35)31(45)22(2)44/h6-11,16,20-22,27,29,44H,12-15,18-19H2,1-5H3,(H,37,38,39,40)/t21?,22?,27-,29+/m1/s1. The zero-order valence-corrected chi connectivity index (χ0v) is 27.8. The highest BCUT2D eigenvalue weighted by molar-refractivity contribution is 5.80. The van der Waals surface area contributed by atoms with Crippen LogP contribution in [0.1, 0.15) is 46.6 Å². The van der Waals surface area contributed by atoms with E-state index in [0.717, 1.165) is 11.4 Å². The number of nitrogens with one attached hydrogen (secondary N) is 1. The molecule has 2 saturated heterocycles. The van der Waals surface area contributed by atoms with Crippen LogP contribution in [0, 0.1) is 11.3 Å². The summed E-state index contributed by atoms with van der Waals surface area (Å²) in [4.78, 5) is 42.9. The molecule has 0 aliphatic carbocycles. The van der Waals surface area contributed by atoms with Crippen LogP contribution in [0.2, 0.25) is 0 Å². The Morgan fingerprint density at radius 1 is 1.08 bits per heavy atom. The summed E-state index contributed by atoms with van der Waals surface area (Å²) in [5, 5.41) is 22.5. The number of halogens is 1. The Hall–Kier alpha value is -5.03. The monoisotopic (exact) mass is 660 g/mol. The number of carbonyl (C=O) groups is 2. The molecule has 2 amide bonds. The van der Waals surface area contributed by atoms with E-state index in [9.17, 15) is 24.3 Å². The maximum Gasteiger partial charge on any atom is 0.410 e. The van der Waals surface area contributed by atoms with Gasteiger partial charge in [-0.25, -0.2) is 19.2 Å². The molecule has 254 valence electrons. The van der Waals surface area contributed by atoms with Crippen LogP contribution >= 0.6 is 0 Å². The Bertz CT molecular complexity index is 1660. The van der Waals surface area contributed by atoms with E-state index in [1.54, 1.807) is 23.1 Å². The number of aliphatic hydroxyl groups is 1. The Kier molecular flexibility index (Phi) is 10.3.